The van der Waals surface area contributed by atoms with E-state index in [0.29, 0.717) is 12.8 Å². The number of esters is 2. The van der Waals surface area contributed by atoms with Gasteiger partial charge in [0, 0.05) is 19.4 Å². The van der Waals surface area contributed by atoms with Crippen LogP contribution in [0.1, 0.15) is 168 Å². The predicted molar refractivity (Wildman–Crippen MR) is 228 cm³/mol. The third-order valence-electron chi connectivity index (χ3n) is 9.28. The first-order valence-electron chi connectivity index (χ1n) is 21.9. The van der Waals surface area contributed by atoms with Crippen LogP contribution >= 0.6 is 7.82 Å². The van der Waals surface area contributed by atoms with Gasteiger partial charge in [-0.1, -0.05) is 132 Å². The first kappa shape index (κ1) is 51.7. The maximum Gasteiger partial charge on any atom is 0.472 e. The Kier molecular flexibility index (Phi) is 34.1. The second-order valence-electron chi connectivity index (χ2n) is 14.6. The fourth-order valence-electron chi connectivity index (χ4n) is 5.87. The molecule has 0 saturated carbocycles. The Labute approximate surface area is 340 Å². The molecule has 0 spiro atoms. The smallest absolute Gasteiger partial charge is 0.462 e. The van der Waals surface area contributed by atoms with Gasteiger partial charge in [0.05, 0.1) is 25.4 Å². The number of hydrogen-bond acceptors (Lipinski definition) is 9. The topological polar surface area (TPSA) is 147 Å². The Morgan fingerprint density at radius 3 is 1.70 bits per heavy atom. The van der Waals surface area contributed by atoms with E-state index in [4.69, 9.17) is 29.0 Å². The number of rotatable bonds is 39. The van der Waals surface area contributed by atoms with Gasteiger partial charge < -0.3 is 24.8 Å². The second-order valence-corrected chi connectivity index (χ2v) is 16.0. The van der Waals surface area contributed by atoms with E-state index in [1.807, 2.05) is 0 Å². The number of unbranched alkanes of at least 4 members (excludes halogenated alkanes) is 14. The molecule has 10 nitrogen and oxygen atoms in total. The Morgan fingerprint density at radius 1 is 0.625 bits per heavy atom. The largest absolute Gasteiger partial charge is 0.472 e. The Morgan fingerprint density at radius 2 is 1.11 bits per heavy atom. The van der Waals surface area contributed by atoms with Crippen molar-refractivity contribution in [2.45, 2.75) is 186 Å². The van der Waals surface area contributed by atoms with E-state index in [2.05, 4.69) is 74.6 Å². The van der Waals surface area contributed by atoms with Crippen LogP contribution in [0.5, 0.6) is 0 Å². The zero-order valence-corrected chi connectivity index (χ0v) is 35.9. The lowest BCUT2D eigenvalue weighted by Gasteiger charge is -2.19. The van der Waals surface area contributed by atoms with Crippen molar-refractivity contribution < 1.29 is 42.3 Å². The fourth-order valence-corrected chi connectivity index (χ4v) is 6.64. The summed E-state index contributed by atoms with van der Waals surface area (Å²) in [5.41, 5.74) is 5.35. The molecule has 1 rings (SSSR count). The average Bonchev–Trinajstić information content (AvgIpc) is 3.94. The van der Waals surface area contributed by atoms with E-state index in [1.54, 1.807) is 0 Å². The predicted octanol–water partition coefficient (Wildman–Crippen LogP) is 11.5. The van der Waals surface area contributed by atoms with Gasteiger partial charge in [0.1, 0.15) is 6.61 Å². The molecule has 0 aliphatic carbocycles. The lowest BCUT2D eigenvalue weighted by Crippen LogP contribution is -2.29. The van der Waals surface area contributed by atoms with Gasteiger partial charge in [-0.15, -0.1) is 0 Å². The minimum atomic E-state index is -4.40. The summed E-state index contributed by atoms with van der Waals surface area (Å²) >= 11 is 0. The summed E-state index contributed by atoms with van der Waals surface area (Å²) in [6, 6.07) is 0. The maximum atomic E-state index is 12.6. The molecule has 0 aromatic heterocycles. The lowest BCUT2D eigenvalue weighted by molar-refractivity contribution is -0.161. The van der Waals surface area contributed by atoms with Crippen LogP contribution in [0.3, 0.4) is 0 Å². The molecule has 11 heteroatoms. The third-order valence-corrected chi connectivity index (χ3v) is 10.3. The number of carbonyl (C=O) groups is 2. The number of hydrogen-bond donors (Lipinski definition) is 2. The highest BCUT2D eigenvalue weighted by molar-refractivity contribution is 7.47. The highest BCUT2D eigenvalue weighted by atomic mass is 31.2. The first-order valence-corrected chi connectivity index (χ1v) is 23.4. The van der Waals surface area contributed by atoms with E-state index in [0.717, 1.165) is 64.2 Å². The van der Waals surface area contributed by atoms with Gasteiger partial charge >= 0.3 is 19.8 Å². The van der Waals surface area contributed by atoms with Gasteiger partial charge in [-0.05, 0) is 83.5 Å². The molecule has 1 aliphatic rings. The molecular formula is C45H78NO9P. The van der Waals surface area contributed by atoms with Crippen molar-refractivity contribution in [2.75, 3.05) is 26.4 Å². The van der Waals surface area contributed by atoms with Gasteiger partial charge in [0.25, 0.3) is 0 Å². The normalized spacial score (nSPS) is 17.5. The van der Waals surface area contributed by atoms with E-state index >= 15 is 0 Å². The molecule has 0 bridgehead atoms. The molecule has 3 unspecified atom stereocenters. The monoisotopic (exact) mass is 808 g/mol. The molecule has 1 saturated heterocycles. The van der Waals surface area contributed by atoms with E-state index < -0.39 is 32.5 Å². The molecular weight excluding hydrogens is 729 g/mol. The van der Waals surface area contributed by atoms with Gasteiger partial charge in [0.15, 0.2) is 6.10 Å². The summed E-state index contributed by atoms with van der Waals surface area (Å²) in [5, 5.41) is 0. The lowest BCUT2D eigenvalue weighted by atomic mass is 10.1. The maximum absolute atomic E-state index is 12.6. The molecule has 4 atom stereocenters. The molecule has 1 heterocycles. The van der Waals surface area contributed by atoms with Crippen molar-refractivity contribution in [2.24, 2.45) is 5.73 Å². The molecule has 0 amide bonds. The average molecular weight is 808 g/mol. The van der Waals surface area contributed by atoms with Crippen molar-refractivity contribution >= 4 is 19.8 Å². The Hall–Kier alpha value is -2.33. The van der Waals surface area contributed by atoms with E-state index in [9.17, 15) is 19.0 Å². The molecule has 0 aromatic rings. The highest BCUT2D eigenvalue weighted by Gasteiger charge is 2.36. The molecule has 322 valence electrons. The summed E-state index contributed by atoms with van der Waals surface area (Å²) in [5.74, 6) is -0.915. The van der Waals surface area contributed by atoms with Crippen LogP contribution in [0, 0.1) is 0 Å². The highest BCUT2D eigenvalue weighted by Crippen LogP contribution is 2.43. The minimum Gasteiger partial charge on any atom is -0.462 e. The van der Waals surface area contributed by atoms with Crippen LogP contribution in [-0.4, -0.2) is 61.5 Å². The minimum absolute atomic E-state index is 0.0396. The van der Waals surface area contributed by atoms with Crippen LogP contribution in [0.4, 0.5) is 0 Å². The molecule has 0 aromatic carbocycles. The van der Waals surface area contributed by atoms with Crippen LogP contribution in [0.15, 0.2) is 60.8 Å². The summed E-state index contributed by atoms with van der Waals surface area (Å²) in [7, 11) is -4.40. The Bertz CT molecular complexity index is 1170. The number of phosphoric ester groups is 1. The summed E-state index contributed by atoms with van der Waals surface area (Å²) in [6.45, 7) is 3.58. The van der Waals surface area contributed by atoms with Crippen molar-refractivity contribution in [1.29, 1.82) is 0 Å². The standard InChI is InChI=1S/C45H78NO9P/c1-3-5-7-9-11-13-14-15-16-17-18-19-20-22-24-26-32-36-45(48)54-41(40-53-56(49,50)52-38-37-46)39-51-44(47)35-31-28-27-30-34-43-42(55-43)33-29-25-23-21-12-10-8-6-4-2/h11-13,15-16,21,25,27,29-30,41-43H,3-10,14,17-20,22-24,26,28,31-40,46H2,1-2H3,(H,49,50)/b13-11-,16-15-,21-12-,29-25-,30-27-/t41-,42?,43?/m1/s1. The Balaban J connectivity index is 2.23. The molecule has 3 N–H and O–H groups in total. The number of allylic oxidation sites excluding steroid dienone is 8. The summed E-state index contributed by atoms with van der Waals surface area (Å²) < 4.78 is 38.5. The van der Waals surface area contributed by atoms with Crippen molar-refractivity contribution in [3.8, 4) is 0 Å². The molecule has 1 aliphatic heterocycles. The second kappa shape index (κ2) is 37.0. The summed E-state index contributed by atoms with van der Waals surface area (Å²) in [4.78, 5) is 34.9. The van der Waals surface area contributed by atoms with Crippen molar-refractivity contribution in [3.05, 3.63) is 60.8 Å². The van der Waals surface area contributed by atoms with Gasteiger partial charge in [-0.25, -0.2) is 4.57 Å². The summed E-state index contributed by atoms with van der Waals surface area (Å²) in [6.07, 6.45) is 45.6. The van der Waals surface area contributed by atoms with Crippen LogP contribution in [0.2, 0.25) is 0 Å². The number of nitrogens with two attached hydrogens (primary N) is 1. The zero-order chi connectivity index (χ0) is 40.8. The molecule has 1 fully saturated rings. The van der Waals surface area contributed by atoms with E-state index in [1.165, 1.54) is 64.2 Å². The zero-order valence-electron chi connectivity index (χ0n) is 35.0. The van der Waals surface area contributed by atoms with Crippen molar-refractivity contribution in [1.82, 2.24) is 0 Å². The number of carbonyl (C=O) groups excluding carboxylic acids is 2. The number of phosphoric acid groups is 1. The fraction of sp³-hybridized carbons (Fsp3) is 0.733. The van der Waals surface area contributed by atoms with Crippen molar-refractivity contribution in [3.63, 3.8) is 0 Å². The third kappa shape index (κ3) is 33.8. The van der Waals surface area contributed by atoms with Gasteiger partial charge in [-0.3, -0.25) is 18.6 Å². The quantitative estimate of drug-likeness (QED) is 0.0202. The van der Waals surface area contributed by atoms with E-state index in [-0.39, 0.29) is 44.8 Å². The molecule has 56 heavy (non-hydrogen) atoms. The van der Waals surface area contributed by atoms with Crippen LogP contribution < -0.4 is 5.73 Å². The number of ether oxygens (including phenoxy) is 3. The SMILES string of the molecule is CCCCC/C=C\C/C=C\CCCCCCCCCC(=O)O[C@H](COC(=O)CCC/C=C\CC1OC1C/C=C\C/C=C\CCCCC)COP(=O)(O)OCCN. The van der Waals surface area contributed by atoms with Gasteiger partial charge in [0.2, 0.25) is 0 Å². The first-order chi connectivity index (χ1) is 27.3. The molecule has 0 radical (unpaired) electrons. The van der Waals surface area contributed by atoms with Crippen LogP contribution in [-0.2, 0) is 37.4 Å². The van der Waals surface area contributed by atoms with Crippen LogP contribution in [0.25, 0.3) is 0 Å². The van der Waals surface area contributed by atoms with Gasteiger partial charge in [-0.2, -0.15) is 0 Å². The number of epoxide rings is 1.